The molecule has 48 heavy (non-hydrogen) atoms. The molecule has 0 radical (unpaired) electrons. The maximum absolute atomic E-state index is 12.7. The Morgan fingerprint density at radius 1 is 0.938 bits per heavy atom. The van der Waals surface area contributed by atoms with Crippen LogP contribution in [0.3, 0.4) is 0 Å². The van der Waals surface area contributed by atoms with E-state index in [9.17, 15) is 9.90 Å². The molecule has 0 saturated carbocycles. The average Bonchev–Trinajstić information content (AvgIpc) is 3.44. The minimum atomic E-state index is -2.94. The zero-order chi connectivity index (χ0) is 34.4. The van der Waals surface area contributed by atoms with Gasteiger partial charge in [-0.3, -0.25) is 0 Å². The number of methoxy groups -OCH3 is 1. The highest BCUT2D eigenvalue weighted by Gasteiger charge is 2.52. The monoisotopic (exact) mass is 672 g/mol. The fourth-order valence-electron chi connectivity index (χ4n) is 6.76. The van der Waals surface area contributed by atoms with E-state index in [1.807, 2.05) is 86.7 Å². The van der Waals surface area contributed by atoms with Gasteiger partial charge in [0.05, 0.1) is 39.1 Å². The van der Waals surface area contributed by atoms with Crippen molar-refractivity contribution in [2.75, 3.05) is 27.1 Å². The number of aliphatic hydroxyl groups excluding tert-OH is 1. The van der Waals surface area contributed by atoms with E-state index < -0.39 is 44.3 Å². The lowest BCUT2D eigenvalue weighted by atomic mass is 9.77. The lowest BCUT2D eigenvalue weighted by Gasteiger charge is -2.44. The molecule has 4 atom stereocenters. The molecule has 0 unspecified atom stereocenters. The maximum atomic E-state index is 12.7. The van der Waals surface area contributed by atoms with Crippen molar-refractivity contribution >= 4 is 24.7 Å². The summed E-state index contributed by atoms with van der Waals surface area (Å²) in [6.45, 7) is 11.0. The van der Waals surface area contributed by atoms with Crippen LogP contribution in [-0.4, -0.2) is 70.6 Å². The minimum Gasteiger partial charge on any atom is -0.466 e. The van der Waals surface area contributed by atoms with Crippen molar-refractivity contribution in [3.05, 3.63) is 120 Å². The molecule has 1 aliphatic carbocycles. The van der Waals surface area contributed by atoms with E-state index in [4.69, 9.17) is 28.1 Å². The van der Waals surface area contributed by atoms with Crippen LogP contribution < -0.4 is 10.4 Å². The fraction of sp³-hybridized carbons (Fsp3) is 0.410. The molecule has 3 aromatic carbocycles. The molecule has 3 aromatic rings. The van der Waals surface area contributed by atoms with Gasteiger partial charge in [0, 0.05) is 12.0 Å². The molecule has 1 saturated heterocycles. The second-order valence-electron chi connectivity index (χ2n) is 13.7. The maximum Gasteiger partial charge on any atom is 0.330 e. The molecule has 1 heterocycles. The molecule has 0 amide bonds. The number of carbonyl (C=O) groups excluding carboxylic acids is 1. The van der Waals surface area contributed by atoms with Crippen molar-refractivity contribution in [1.82, 2.24) is 0 Å². The molecule has 256 valence electrons. The summed E-state index contributed by atoms with van der Waals surface area (Å²) >= 11 is 0. The van der Waals surface area contributed by atoms with Crippen molar-refractivity contribution in [3.63, 3.8) is 0 Å². The van der Waals surface area contributed by atoms with Gasteiger partial charge >= 0.3 is 5.97 Å². The summed E-state index contributed by atoms with van der Waals surface area (Å²) in [5.41, 5.74) is 2.17. The highest BCUT2D eigenvalue weighted by molar-refractivity contribution is 6.99. The number of ether oxygens (including phenoxy) is 5. The molecule has 1 fully saturated rings. The van der Waals surface area contributed by atoms with Crippen LogP contribution in [0.1, 0.15) is 40.2 Å². The molecule has 9 heteroatoms. The van der Waals surface area contributed by atoms with Gasteiger partial charge in [-0.15, -0.1) is 0 Å². The minimum absolute atomic E-state index is 0.0479. The molecule has 5 rings (SSSR count). The number of hydrogen-bond acceptors (Lipinski definition) is 8. The van der Waals surface area contributed by atoms with E-state index in [1.54, 1.807) is 0 Å². The third-order valence-electron chi connectivity index (χ3n) is 9.03. The van der Waals surface area contributed by atoms with Gasteiger partial charge in [-0.05, 0) is 52.0 Å². The molecule has 0 spiro atoms. The normalized spacial score (nSPS) is 23.6. The topological polar surface area (TPSA) is 92.7 Å². The molecule has 1 aliphatic heterocycles. The Bertz CT molecular complexity index is 1510. The molecular formula is C39H48O8Si. The zero-order valence-corrected chi connectivity index (χ0v) is 29.8. The largest absolute Gasteiger partial charge is 0.466 e. The highest BCUT2D eigenvalue weighted by atomic mass is 28.4. The molecule has 1 N–H and O–H groups in total. The van der Waals surface area contributed by atoms with Gasteiger partial charge in [-0.25, -0.2) is 4.79 Å². The van der Waals surface area contributed by atoms with Crippen LogP contribution in [0.25, 0.3) is 0 Å². The molecule has 8 nitrogen and oxygen atoms in total. The molecule has 2 aliphatic rings. The lowest BCUT2D eigenvalue weighted by molar-refractivity contribution is -0.149. The van der Waals surface area contributed by atoms with Crippen LogP contribution in [0.5, 0.6) is 0 Å². The van der Waals surface area contributed by atoms with Gasteiger partial charge in [-0.1, -0.05) is 112 Å². The number of aliphatic hydroxyl groups is 1. The van der Waals surface area contributed by atoms with Gasteiger partial charge in [0.15, 0.2) is 5.79 Å². The smallest absolute Gasteiger partial charge is 0.330 e. The predicted octanol–water partition coefficient (Wildman–Crippen LogP) is 5.29. The number of benzene rings is 3. The van der Waals surface area contributed by atoms with Gasteiger partial charge in [-0.2, -0.15) is 0 Å². The Morgan fingerprint density at radius 2 is 1.52 bits per heavy atom. The summed E-state index contributed by atoms with van der Waals surface area (Å²) in [7, 11) is -1.62. The van der Waals surface area contributed by atoms with Crippen LogP contribution >= 0.6 is 0 Å². The lowest BCUT2D eigenvalue weighted by Crippen LogP contribution is -2.66. The summed E-state index contributed by atoms with van der Waals surface area (Å²) in [6, 6.07) is 30.6. The van der Waals surface area contributed by atoms with Gasteiger partial charge in [0.1, 0.15) is 12.9 Å². The van der Waals surface area contributed by atoms with Crippen molar-refractivity contribution in [3.8, 4) is 0 Å². The SMILES string of the molecule is COC(=O)/C=C1/[C@@H]([C@H]2COC(C)(C)O2)[C@H](O)C(CO[Si](c2ccccc2)(c2ccccc2)C(C)(C)C)=C[C@H]1OCOCc1ccccc1. The van der Waals surface area contributed by atoms with Crippen molar-refractivity contribution in [2.45, 2.75) is 70.4 Å². The van der Waals surface area contributed by atoms with Crippen LogP contribution in [0.2, 0.25) is 5.04 Å². The quantitative estimate of drug-likeness (QED) is 0.0694. The van der Waals surface area contributed by atoms with E-state index in [1.165, 1.54) is 13.2 Å². The second-order valence-corrected chi connectivity index (χ2v) is 18.0. The third-order valence-corrected chi connectivity index (χ3v) is 14.0. The number of hydrogen-bond donors (Lipinski definition) is 1. The molecule has 0 aromatic heterocycles. The number of rotatable bonds is 12. The zero-order valence-electron chi connectivity index (χ0n) is 28.8. The average molecular weight is 673 g/mol. The van der Waals surface area contributed by atoms with Crippen molar-refractivity contribution < 1.29 is 38.0 Å². The Labute approximate surface area is 285 Å². The van der Waals surface area contributed by atoms with Gasteiger partial charge in [0.2, 0.25) is 0 Å². The van der Waals surface area contributed by atoms with E-state index in [2.05, 4.69) is 45.0 Å². The first-order valence-corrected chi connectivity index (χ1v) is 18.3. The fourth-order valence-corrected chi connectivity index (χ4v) is 11.3. The molecule has 0 bridgehead atoms. The summed E-state index contributed by atoms with van der Waals surface area (Å²) in [5, 5.41) is 14.1. The highest BCUT2D eigenvalue weighted by Crippen LogP contribution is 2.41. The van der Waals surface area contributed by atoms with Gasteiger partial charge in [0.25, 0.3) is 8.32 Å². The van der Waals surface area contributed by atoms with E-state index in [0.717, 1.165) is 15.9 Å². The van der Waals surface area contributed by atoms with Crippen LogP contribution in [0, 0.1) is 5.92 Å². The Balaban J connectivity index is 1.53. The van der Waals surface area contributed by atoms with Crippen LogP contribution in [0.15, 0.2) is 114 Å². The standard InChI is InChI=1S/C39H48O8Si/c1-38(2,3)48(30-18-12-8-13-19-30,31-20-14-9-15-21-31)46-25-29-22-33(44-27-43-24-28-16-10-7-11-17-28)32(23-35(40)42-6)36(37(29)41)34-26-45-39(4,5)47-34/h7-23,33-34,36-37,41H,24-27H2,1-6H3/b32-23+/t33-,34-,36+,37-/m1/s1. The third kappa shape index (κ3) is 8.06. The first-order chi connectivity index (χ1) is 22.9. The Kier molecular flexibility index (Phi) is 11.5. The van der Waals surface area contributed by atoms with E-state index in [0.29, 0.717) is 17.8 Å². The Morgan fingerprint density at radius 3 is 2.04 bits per heavy atom. The Hall–Kier alpha value is -3.41. The molecular weight excluding hydrogens is 625 g/mol. The van der Waals surface area contributed by atoms with E-state index >= 15 is 0 Å². The summed E-state index contributed by atoms with van der Waals surface area (Å²) in [6.07, 6.45) is 0.908. The number of carbonyl (C=O) groups is 1. The first-order valence-electron chi connectivity index (χ1n) is 16.4. The van der Waals surface area contributed by atoms with E-state index in [-0.39, 0.29) is 25.0 Å². The summed E-state index contributed by atoms with van der Waals surface area (Å²) in [5.74, 6) is -2.09. The van der Waals surface area contributed by atoms with Crippen molar-refractivity contribution in [1.29, 1.82) is 0 Å². The van der Waals surface area contributed by atoms with Crippen LogP contribution in [-0.2, 0) is 39.5 Å². The summed E-state index contributed by atoms with van der Waals surface area (Å²) < 4.78 is 36.7. The second kappa shape index (κ2) is 15.4. The number of esters is 1. The first kappa shape index (κ1) is 35.9. The van der Waals surface area contributed by atoms with Crippen molar-refractivity contribution in [2.24, 2.45) is 5.92 Å². The van der Waals surface area contributed by atoms with Gasteiger partial charge < -0.3 is 33.2 Å². The van der Waals surface area contributed by atoms with Crippen LogP contribution in [0.4, 0.5) is 0 Å². The summed E-state index contributed by atoms with van der Waals surface area (Å²) in [4.78, 5) is 12.7. The predicted molar refractivity (Wildman–Crippen MR) is 187 cm³/mol.